The van der Waals surface area contributed by atoms with Crippen molar-refractivity contribution in [3.05, 3.63) is 282 Å². The Morgan fingerprint density at radius 1 is 0.338 bits per heavy atom. The molecular formula is C71H53BN2. The molecule has 0 radical (unpaired) electrons. The predicted molar refractivity (Wildman–Crippen MR) is 315 cm³/mol. The van der Waals surface area contributed by atoms with Gasteiger partial charge in [0.2, 0.25) is 6.71 Å². The van der Waals surface area contributed by atoms with Crippen LogP contribution in [0.2, 0.25) is 0 Å². The first-order chi connectivity index (χ1) is 36.4. The molecule has 1 atom stereocenters. The van der Waals surface area contributed by atoms with E-state index in [-0.39, 0.29) is 12.6 Å². The fraction of sp³-hybridized carbons (Fsp3) is 0.0704. The van der Waals surface area contributed by atoms with Crippen molar-refractivity contribution in [3.63, 3.8) is 0 Å². The second kappa shape index (κ2) is 17.4. The molecule has 0 bridgehead atoms. The van der Waals surface area contributed by atoms with Crippen molar-refractivity contribution in [1.29, 1.82) is 0 Å². The van der Waals surface area contributed by atoms with Gasteiger partial charge in [-0.3, -0.25) is 0 Å². The number of nitrogens with zero attached hydrogens (tertiary/aromatic N) is 2. The highest BCUT2D eigenvalue weighted by atomic mass is 15.2. The monoisotopic (exact) mass is 944 g/mol. The van der Waals surface area contributed by atoms with E-state index in [0.29, 0.717) is 0 Å². The number of hydrogen-bond acceptors (Lipinski definition) is 1. The van der Waals surface area contributed by atoms with Crippen molar-refractivity contribution in [2.24, 2.45) is 0 Å². The molecule has 0 fully saturated rings. The van der Waals surface area contributed by atoms with Gasteiger partial charge in [0, 0.05) is 39.4 Å². The van der Waals surface area contributed by atoms with Crippen LogP contribution in [0.3, 0.4) is 0 Å². The number of rotatable bonds is 7. The zero-order valence-electron chi connectivity index (χ0n) is 42.1. The van der Waals surface area contributed by atoms with Gasteiger partial charge >= 0.3 is 0 Å². The molecule has 1 unspecified atom stereocenters. The van der Waals surface area contributed by atoms with Crippen molar-refractivity contribution in [1.82, 2.24) is 4.57 Å². The lowest BCUT2D eigenvalue weighted by atomic mass is 9.31. The lowest BCUT2D eigenvalue weighted by Gasteiger charge is -2.43. The fourth-order valence-electron chi connectivity index (χ4n) is 12.8. The highest BCUT2D eigenvalue weighted by molar-refractivity contribution is 6.99. The SMILES string of the molecule is Cc1ccccc1-c1ccc(C2c3ccc(-c4ccccc4C)cc3B3c4cc(-c5ccccc5C)ccc4N(c4ccc(-c5ccccc5C)cc4)c4cc(-n5c6ccccc6c6ccccc65)cc2c43)cc1. The topological polar surface area (TPSA) is 8.17 Å². The van der Waals surface area contributed by atoms with Crippen LogP contribution in [0.1, 0.15) is 44.9 Å². The van der Waals surface area contributed by atoms with Crippen LogP contribution in [-0.2, 0) is 0 Å². The molecule has 0 N–H and O–H groups in total. The largest absolute Gasteiger partial charge is 0.311 e. The molecule has 0 spiro atoms. The standard InChI is InChI=1S/C71H53BN2/c1-45-17-5-9-21-56(45)49-29-31-51(32-30-49)70-62-39-35-52(58-23-11-7-19-47(58)3)41-64(62)72-65-42-53(59-24-12-8-20-48(59)4)36-40-68(65)73(54-37-33-50(34-38-54)57-22-10-6-18-46(57)2)69-44-55(43-63(70)71(69)72)74-66-27-15-13-25-60(66)61-26-14-16-28-67(61)74/h5-44,70H,1-4H3. The van der Waals surface area contributed by atoms with Gasteiger partial charge in [0.1, 0.15) is 0 Å². The molecule has 2 aliphatic heterocycles. The summed E-state index contributed by atoms with van der Waals surface area (Å²) in [7, 11) is 0. The average Bonchev–Trinajstić information content (AvgIpc) is 3.78. The van der Waals surface area contributed by atoms with Crippen LogP contribution in [0.25, 0.3) is 72.0 Å². The molecule has 74 heavy (non-hydrogen) atoms. The molecule has 0 saturated heterocycles. The maximum Gasteiger partial charge on any atom is 0.247 e. The molecular weight excluding hydrogens is 892 g/mol. The lowest BCUT2D eigenvalue weighted by molar-refractivity contribution is 0.978. The Bertz CT molecular complexity index is 3930. The molecule has 2 aliphatic rings. The number of anilines is 3. The lowest BCUT2D eigenvalue weighted by Crippen LogP contribution is -2.62. The summed E-state index contributed by atoms with van der Waals surface area (Å²) in [4.78, 5) is 2.58. The Kier molecular flexibility index (Phi) is 10.3. The fourth-order valence-corrected chi connectivity index (χ4v) is 12.8. The first-order valence-electron chi connectivity index (χ1n) is 26.1. The third-order valence-corrected chi connectivity index (χ3v) is 16.3. The van der Waals surface area contributed by atoms with Crippen molar-refractivity contribution >= 4 is 62.0 Å². The van der Waals surface area contributed by atoms with E-state index in [1.165, 1.54) is 133 Å². The smallest absolute Gasteiger partial charge is 0.247 e. The van der Waals surface area contributed by atoms with Crippen LogP contribution in [0.4, 0.5) is 17.1 Å². The van der Waals surface area contributed by atoms with Crippen molar-refractivity contribution in [2.75, 3.05) is 4.90 Å². The molecule has 11 aromatic carbocycles. The zero-order chi connectivity index (χ0) is 49.6. The minimum absolute atomic E-state index is 0.0601. The van der Waals surface area contributed by atoms with E-state index in [4.69, 9.17) is 0 Å². The third-order valence-electron chi connectivity index (χ3n) is 16.3. The van der Waals surface area contributed by atoms with E-state index in [1.807, 2.05) is 0 Å². The number of para-hydroxylation sites is 2. The number of benzene rings is 11. The molecule has 0 amide bonds. The minimum atomic E-state index is -0.0636. The summed E-state index contributed by atoms with van der Waals surface area (Å²) in [6, 6.07) is 91.5. The molecule has 0 saturated carbocycles. The van der Waals surface area contributed by atoms with Gasteiger partial charge in [0.05, 0.1) is 11.0 Å². The number of fused-ring (bicyclic) bond motifs is 7. The number of aryl methyl sites for hydroxylation is 4. The van der Waals surface area contributed by atoms with Crippen LogP contribution >= 0.6 is 0 Å². The number of aromatic nitrogens is 1. The van der Waals surface area contributed by atoms with Crippen molar-refractivity contribution < 1.29 is 0 Å². The van der Waals surface area contributed by atoms with Gasteiger partial charge in [-0.1, -0.05) is 206 Å². The molecule has 2 nitrogen and oxygen atoms in total. The Balaban J connectivity index is 1.10. The van der Waals surface area contributed by atoms with Gasteiger partial charge in [0.25, 0.3) is 0 Å². The summed E-state index contributed by atoms with van der Waals surface area (Å²) in [5.74, 6) is -0.0636. The summed E-state index contributed by atoms with van der Waals surface area (Å²) in [5.41, 5.74) is 30.1. The molecule has 0 aliphatic carbocycles. The minimum Gasteiger partial charge on any atom is -0.311 e. The zero-order valence-corrected chi connectivity index (χ0v) is 42.1. The van der Waals surface area contributed by atoms with Gasteiger partial charge in [-0.05, 0) is 165 Å². The molecule has 14 rings (SSSR count). The molecule has 3 heteroatoms. The Morgan fingerprint density at radius 3 is 1.32 bits per heavy atom. The quantitative estimate of drug-likeness (QED) is 0.145. The summed E-state index contributed by atoms with van der Waals surface area (Å²) in [5, 5.41) is 2.50. The second-order valence-electron chi connectivity index (χ2n) is 20.6. The van der Waals surface area contributed by atoms with E-state index in [9.17, 15) is 0 Å². The predicted octanol–water partition coefficient (Wildman–Crippen LogP) is 16.5. The van der Waals surface area contributed by atoms with E-state index < -0.39 is 0 Å². The highest BCUT2D eigenvalue weighted by Crippen LogP contribution is 2.46. The summed E-state index contributed by atoms with van der Waals surface area (Å²) < 4.78 is 2.52. The van der Waals surface area contributed by atoms with Crippen LogP contribution in [0, 0.1) is 27.7 Å². The number of hydrogen-bond donors (Lipinski definition) is 0. The van der Waals surface area contributed by atoms with E-state index in [0.717, 1.165) is 11.4 Å². The van der Waals surface area contributed by atoms with Gasteiger partial charge in [-0.15, -0.1) is 0 Å². The maximum atomic E-state index is 2.58. The van der Waals surface area contributed by atoms with Gasteiger partial charge < -0.3 is 9.47 Å². The third kappa shape index (κ3) is 6.95. The molecule has 350 valence electrons. The summed E-state index contributed by atoms with van der Waals surface area (Å²) >= 11 is 0. The van der Waals surface area contributed by atoms with Crippen molar-refractivity contribution in [3.8, 4) is 50.2 Å². The average molecular weight is 945 g/mol. The Morgan fingerprint density at radius 2 is 0.784 bits per heavy atom. The van der Waals surface area contributed by atoms with Crippen LogP contribution in [-0.4, -0.2) is 11.3 Å². The van der Waals surface area contributed by atoms with Crippen LogP contribution in [0.15, 0.2) is 243 Å². The summed E-state index contributed by atoms with van der Waals surface area (Å²) in [6.45, 7) is 8.83. The molecule has 12 aromatic rings. The van der Waals surface area contributed by atoms with Crippen LogP contribution < -0.4 is 21.3 Å². The highest BCUT2D eigenvalue weighted by Gasteiger charge is 2.45. The van der Waals surface area contributed by atoms with Gasteiger partial charge in [-0.2, -0.15) is 0 Å². The van der Waals surface area contributed by atoms with E-state index in [1.54, 1.807) is 0 Å². The van der Waals surface area contributed by atoms with Crippen LogP contribution in [0.5, 0.6) is 0 Å². The van der Waals surface area contributed by atoms with Crippen molar-refractivity contribution in [2.45, 2.75) is 33.6 Å². The second-order valence-corrected chi connectivity index (χ2v) is 20.6. The summed E-state index contributed by atoms with van der Waals surface area (Å²) in [6.07, 6.45) is 0. The molecule has 3 heterocycles. The van der Waals surface area contributed by atoms with Gasteiger partial charge in [-0.25, -0.2) is 0 Å². The van der Waals surface area contributed by atoms with Gasteiger partial charge in [0.15, 0.2) is 0 Å². The Hall–Kier alpha value is -8.92. The first-order valence-corrected chi connectivity index (χ1v) is 26.1. The Labute approximate surface area is 434 Å². The maximum absolute atomic E-state index is 2.58. The normalized spacial score (nSPS) is 13.5. The molecule has 1 aromatic heterocycles. The van der Waals surface area contributed by atoms with E-state index in [2.05, 4.69) is 280 Å². The first kappa shape index (κ1) is 43.8. The van der Waals surface area contributed by atoms with E-state index >= 15 is 0 Å².